The fourth-order valence-corrected chi connectivity index (χ4v) is 0.627. The SMILES string of the molecule is CC.CCCNc1ncccn1. The molecule has 1 aromatic rings. The average molecular weight is 167 g/mol. The standard InChI is InChI=1S/C7H11N3.C2H6/c1-2-4-8-7-9-5-3-6-10-7;1-2/h3,5-6H,2,4H2,1H3,(H,8,9,10);1-2H3. The Hall–Kier alpha value is -1.12. The smallest absolute Gasteiger partial charge is 0.222 e. The van der Waals surface area contributed by atoms with Crippen LogP contribution in [0.4, 0.5) is 5.95 Å². The van der Waals surface area contributed by atoms with E-state index in [9.17, 15) is 0 Å². The van der Waals surface area contributed by atoms with Gasteiger partial charge in [0.2, 0.25) is 5.95 Å². The molecule has 0 aliphatic heterocycles. The first-order valence-electron chi connectivity index (χ1n) is 4.44. The fraction of sp³-hybridized carbons (Fsp3) is 0.556. The summed E-state index contributed by atoms with van der Waals surface area (Å²) in [6, 6.07) is 1.80. The van der Waals surface area contributed by atoms with Gasteiger partial charge in [-0.3, -0.25) is 0 Å². The Morgan fingerprint density at radius 2 is 1.83 bits per heavy atom. The molecule has 3 heteroatoms. The molecule has 1 aromatic heterocycles. The number of hydrogen-bond donors (Lipinski definition) is 1. The molecule has 12 heavy (non-hydrogen) atoms. The molecule has 0 atom stereocenters. The molecule has 0 amide bonds. The Morgan fingerprint density at radius 3 is 2.33 bits per heavy atom. The third-order valence-electron chi connectivity index (χ3n) is 1.10. The molecular weight excluding hydrogens is 150 g/mol. The molecule has 3 nitrogen and oxygen atoms in total. The maximum atomic E-state index is 3.99. The largest absolute Gasteiger partial charge is 0.354 e. The van der Waals surface area contributed by atoms with E-state index in [1.54, 1.807) is 18.5 Å². The number of hydrogen-bond acceptors (Lipinski definition) is 3. The van der Waals surface area contributed by atoms with Gasteiger partial charge >= 0.3 is 0 Å². The predicted octanol–water partition coefficient (Wildman–Crippen LogP) is 2.32. The minimum atomic E-state index is 0.712. The molecule has 0 saturated carbocycles. The summed E-state index contributed by atoms with van der Waals surface area (Å²) in [7, 11) is 0. The molecule has 1 rings (SSSR count). The van der Waals surface area contributed by atoms with Gasteiger partial charge in [0.15, 0.2) is 0 Å². The van der Waals surface area contributed by atoms with Crippen molar-refractivity contribution < 1.29 is 0 Å². The zero-order chi connectivity index (χ0) is 9.23. The van der Waals surface area contributed by atoms with Crippen LogP contribution in [0.25, 0.3) is 0 Å². The van der Waals surface area contributed by atoms with Crippen molar-refractivity contribution in [2.45, 2.75) is 27.2 Å². The topological polar surface area (TPSA) is 37.8 Å². The van der Waals surface area contributed by atoms with E-state index < -0.39 is 0 Å². The number of aromatic nitrogens is 2. The highest BCUT2D eigenvalue weighted by atomic mass is 15.1. The van der Waals surface area contributed by atoms with Crippen LogP contribution in [0.15, 0.2) is 18.5 Å². The van der Waals surface area contributed by atoms with Gasteiger partial charge in [0.05, 0.1) is 0 Å². The third-order valence-corrected chi connectivity index (χ3v) is 1.10. The van der Waals surface area contributed by atoms with Crippen LogP contribution in [0.1, 0.15) is 27.2 Å². The summed E-state index contributed by atoms with van der Waals surface area (Å²) in [5.74, 6) is 0.712. The van der Waals surface area contributed by atoms with Crippen molar-refractivity contribution in [2.75, 3.05) is 11.9 Å². The zero-order valence-corrected chi connectivity index (χ0v) is 8.04. The molecule has 0 saturated heterocycles. The highest BCUT2D eigenvalue weighted by molar-refractivity contribution is 5.21. The molecule has 1 N–H and O–H groups in total. The van der Waals surface area contributed by atoms with Crippen molar-refractivity contribution in [1.29, 1.82) is 0 Å². The van der Waals surface area contributed by atoms with Gasteiger partial charge in [-0.05, 0) is 12.5 Å². The van der Waals surface area contributed by atoms with Gasteiger partial charge in [0, 0.05) is 18.9 Å². The molecule has 0 aliphatic carbocycles. The maximum Gasteiger partial charge on any atom is 0.222 e. The summed E-state index contributed by atoms with van der Waals surface area (Å²) in [5.41, 5.74) is 0. The molecule has 1 heterocycles. The van der Waals surface area contributed by atoms with E-state index in [1.807, 2.05) is 13.8 Å². The van der Waals surface area contributed by atoms with Crippen LogP contribution < -0.4 is 5.32 Å². The van der Waals surface area contributed by atoms with E-state index in [0.29, 0.717) is 5.95 Å². The van der Waals surface area contributed by atoms with Gasteiger partial charge in [-0.25, -0.2) is 9.97 Å². The summed E-state index contributed by atoms with van der Waals surface area (Å²) in [4.78, 5) is 7.99. The lowest BCUT2D eigenvalue weighted by Gasteiger charge is -1.99. The van der Waals surface area contributed by atoms with Crippen LogP contribution in [0.3, 0.4) is 0 Å². The zero-order valence-electron chi connectivity index (χ0n) is 8.04. The van der Waals surface area contributed by atoms with E-state index in [2.05, 4.69) is 22.2 Å². The number of anilines is 1. The van der Waals surface area contributed by atoms with Gasteiger partial charge in [0.25, 0.3) is 0 Å². The number of rotatable bonds is 3. The van der Waals surface area contributed by atoms with Crippen molar-refractivity contribution >= 4 is 5.95 Å². The lowest BCUT2D eigenvalue weighted by Crippen LogP contribution is -2.02. The van der Waals surface area contributed by atoms with Gasteiger partial charge in [-0.2, -0.15) is 0 Å². The first-order valence-corrected chi connectivity index (χ1v) is 4.44. The van der Waals surface area contributed by atoms with Crippen molar-refractivity contribution in [1.82, 2.24) is 9.97 Å². The second-order valence-corrected chi connectivity index (χ2v) is 2.00. The first-order chi connectivity index (χ1) is 5.93. The van der Waals surface area contributed by atoms with Crippen molar-refractivity contribution in [3.63, 3.8) is 0 Å². The number of nitrogens with one attached hydrogen (secondary N) is 1. The van der Waals surface area contributed by atoms with Crippen molar-refractivity contribution in [3.05, 3.63) is 18.5 Å². The Bertz CT molecular complexity index is 174. The number of nitrogens with zero attached hydrogens (tertiary/aromatic N) is 2. The Labute approximate surface area is 74.3 Å². The quantitative estimate of drug-likeness (QED) is 0.750. The molecule has 0 spiro atoms. The van der Waals surface area contributed by atoms with Gasteiger partial charge in [-0.1, -0.05) is 20.8 Å². The second-order valence-electron chi connectivity index (χ2n) is 2.00. The van der Waals surface area contributed by atoms with Crippen LogP contribution >= 0.6 is 0 Å². The van der Waals surface area contributed by atoms with Crippen molar-refractivity contribution in [2.24, 2.45) is 0 Å². The lowest BCUT2D eigenvalue weighted by molar-refractivity contribution is 0.952. The molecule has 68 valence electrons. The molecule has 0 fully saturated rings. The van der Waals surface area contributed by atoms with E-state index in [4.69, 9.17) is 0 Å². The summed E-state index contributed by atoms with van der Waals surface area (Å²) in [5, 5.41) is 3.07. The van der Waals surface area contributed by atoms with Gasteiger partial charge in [-0.15, -0.1) is 0 Å². The van der Waals surface area contributed by atoms with E-state index in [0.717, 1.165) is 13.0 Å². The molecular formula is C9H17N3. The molecule has 0 aromatic carbocycles. The minimum absolute atomic E-state index is 0.712. The van der Waals surface area contributed by atoms with Gasteiger partial charge in [0.1, 0.15) is 0 Å². The van der Waals surface area contributed by atoms with Crippen LogP contribution in [-0.2, 0) is 0 Å². The summed E-state index contributed by atoms with van der Waals surface area (Å²) in [6.45, 7) is 7.04. The minimum Gasteiger partial charge on any atom is -0.354 e. The Balaban J connectivity index is 0.000000561. The third kappa shape index (κ3) is 4.66. The van der Waals surface area contributed by atoms with Crippen LogP contribution in [0.5, 0.6) is 0 Å². The summed E-state index contributed by atoms with van der Waals surface area (Å²) < 4.78 is 0. The van der Waals surface area contributed by atoms with Crippen LogP contribution in [-0.4, -0.2) is 16.5 Å². The summed E-state index contributed by atoms with van der Waals surface area (Å²) in [6.07, 6.45) is 4.55. The molecule has 0 radical (unpaired) electrons. The Kier molecular flexibility index (Phi) is 7.24. The van der Waals surface area contributed by atoms with E-state index in [1.165, 1.54) is 0 Å². The average Bonchev–Trinajstić information content (AvgIpc) is 2.19. The predicted molar refractivity (Wildman–Crippen MR) is 52.2 cm³/mol. The second kappa shape index (κ2) is 7.98. The molecule has 0 bridgehead atoms. The van der Waals surface area contributed by atoms with Crippen LogP contribution in [0.2, 0.25) is 0 Å². The van der Waals surface area contributed by atoms with Gasteiger partial charge < -0.3 is 5.32 Å². The highest BCUT2D eigenvalue weighted by Crippen LogP contribution is 1.92. The maximum absolute atomic E-state index is 3.99. The monoisotopic (exact) mass is 167 g/mol. The van der Waals surface area contributed by atoms with Crippen LogP contribution in [0, 0.1) is 0 Å². The summed E-state index contributed by atoms with van der Waals surface area (Å²) >= 11 is 0. The highest BCUT2D eigenvalue weighted by Gasteiger charge is 1.87. The molecule has 0 aliphatic rings. The molecule has 0 unspecified atom stereocenters. The first kappa shape index (κ1) is 10.9. The Morgan fingerprint density at radius 1 is 1.25 bits per heavy atom. The normalized spacial score (nSPS) is 8.25. The van der Waals surface area contributed by atoms with Crippen molar-refractivity contribution in [3.8, 4) is 0 Å². The lowest BCUT2D eigenvalue weighted by atomic mass is 10.5. The van der Waals surface area contributed by atoms with E-state index in [-0.39, 0.29) is 0 Å². The fourth-order valence-electron chi connectivity index (χ4n) is 0.627. The van der Waals surface area contributed by atoms with E-state index >= 15 is 0 Å².